The lowest BCUT2D eigenvalue weighted by molar-refractivity contribution is -0.174. The van der Waals surface area contributed by atoms with E-state index in [2.05, 4.69) is 21.9 Å². The second kappa shape index (κ2) is 12.9. The van der Waals surface area contributed by atoms with Crippen LogP contribution in [0.2, 0.25) is 5.02 Å². The summed E-state index contributed by atoms with van der Waals surface area (Å²) in [5.74, 6) is 1.48. The Balaban J connectivity index is 0.00000357. The van der Waals surface area contributed by atoms with Gasteiger partial charge in [-0.2, -0.15) is 4.98 Å². The summed E-state index contributed by atoms with van der Waals surface area (Å²) in [6, 6.07) is 13.9. The van der Waals surface area contributed by atoms with Crippen LogP contribution in [-0.4, -0.2) is 70.9 Å². The van der Waals surface area contributed by atoms with E-state index in [0.717, 1.165) is 112 Å². The Labute approximate surface area is 275 Å². The highest BCUT2D eigenvalue weighted by molar-refractivity contribution is 6.30. The molecular weight excluding hydrogens is 613 g/mol. The van der Waals surface area contributed by atoms with E-state index in [-0.39, 0.29) is 18.0 Å². The maximum absolute atomic E-state index is 11.7. The standard InChI is InChI=1S/C34H40ClN5O4.ClH/c35-25-4-1-23(2-5-25)22-43-26-6-8-27-24(21-26)3-7-28-29(27)37-32(36)38-30(28)40-17-15-39(16-18-40)19-20-44-34-12-9-33(10-13-34,11-14-34)31(41)42;/h1-2,4-6,8,21H,3,7,9-20,22H2,(H,41,42)(H2,36,37,38);1H. The van der Waals surface area contributed by atoms with Crippen molar-refractivity contribution in [3.63, 3.8) is 0 Å². The van der Waals surface area contributed by atoms with Gasteiger partial charge >= 0.3 is 5.97 Å². The number of carbonyl (C=O) groups is 1. The van der Waals surface area contributed by atoms with E-state index < -0.39 is 11.4 Å². The number of rotatable bonds is 9. The summed E-state index contributed by atoms with van der Waals surface area (Å²) in [5, 5.41) is 10.4. The Kier molecular flexibility index (Phi) is 9.17. The number of nitrogens with zero attached hydrogens (tertiary/aromatic N) is 4. The van der Waals surface area contributed by atoms with Gasteiger partial charge in [0.15, 0.2) is 0 Å². The number of carboxylic acids is 1. The zero-order valence-corrected chi connectivity index (χ0v) is 27.0. The van der Waals surface area contributed by atoms with Crippen LogP contribution in [0.15, 0.2) is 42.5 Å². The van der Waals surface area contributed by atoms with Gasteiger partial charge in [0.1, 0.15) is 18.2 Å². The summed E-state index contributed by atoms with van der Waals surface area (Å²) in [6.45, 7) is 5.68. The van der Waals surface area contributed by atoms with Crippen molar-refractivity contribution in [2.75, 3.05) is 50.0 Å². The predicted molar refractivity (Wildman–Crippen MR) is 177 cm³/mol. The van der Waals surface area contributed by atoms with Crippen LogP contribution in [0.3, 0.4) is 0 Å². The SMILES string of the molecule is Cl.Nc1nc2c(c(N3CCN(CCOC45CCC(C(=O)O)(CC4)CC5)CC3)n1)CCc1cc(OCc3ccc(Cl)cc3)ccc1-2. The minimum atomic E-state index is -0.621. The third-order valence-electron chi connectivity index (χ3n) is 10.4. The smallest absolute Gasteiger partial charge is 0.309 e. The van der Waals surface area contributed by atoms with E-state index in [1.54, 1.807) is 0 Å². The summed E-state index contributed by atoms with van der Waals surface area (Å²) in [4.78, 5) is 26.0. The highest BCUT2D eigenvalue weighted by atomic mass is 35.5. The van der Waals surface area contributed by atoms with Gasteiger partial charge in [-0.15, -0.1) is 12.4 Å². The first-order valence-corrected chi connectivity index (χ1v) is 16.2. The maximum Gasteiger partial charge on any atom is 0.309 e. The Bertz CT molecular complexity index is 1520. The molecule has 0 spiro atoms. The summed E-state index contributed by atoms with van der Waals surface area (Å²) in [5.41, 5.74) is 11.1. The maximum atomic E-state index is 11.7. The van der Waals surface area contributed by atoms with Gasteiger partial charge in [-0.3, -0.25) is 9.69 Å². The van der Waals surface area contributed by atoms with Gasteiger partial charge < -0.3 is 25.2 Å². The number of anilines is 2. The van der Waals surface area contributed by atoms with E-state index in [0.29, 0.717) is 24.2 Å². The lowest BCUT2D eigenvalue weighted by Gasteiger charge is -2.51. The number of halogens is 2. The summed E-state index contributed by atoms with van der Waals surface area (Å²) >= 11 is 6.01. The zero-order valence-electron chi connectivity index (χ0n) is 25.5. The van der Waals surface area contributed by atoms with Crippen LogP contribution in [0.4, 0.5) is 11.8 Å². The van der Waals surface area contributed by atoms with Crippen LogP contribution in [-0.2, 0) is 29.0 Å². The van der Waals surface area contributed by atoms with E-state index >= 15 is 0 Å². The molecule has 0 unspecified atom stereocenters. The molecule has 240 valence electrons. The topological polar surface area (TPSA) is 114 Å². The predicted octanol–water partition coefficient (Wildman–Crippen LogP) is 5.79. The van der Waals surface area contributed by atoms with Crippen LogP contribution in [0, 0.1) is 5.41 Å². The summed E-state index contributed by atoms with van der Waals surface area (Å²) in [6.07, 6.45) is 6.60. The van der Waals surface area contributed by atoms with Gasteiger partial charge in [-0.1, -0.05) is 23.7 Å². The van der Waals surface area contributed by atoms with E-state index in [1.807, 2.05) is 30.3 Å². The number of benzene rings is 2. The molecule has 3 aromatic rings. The Morgan fingerprint density at radius 1 is 0.956 bits per heavy atom. The minimum absolute atomic E-state index is 0. The fraction of sp³-hybridized carbons (Fsp3) is 0.500. The molecule has 2 bridgehead atoms. The average molecular weight is 655 g/mol. The molecular formula is C34H41Cl2N5O4. The number of hydrogen-bond acceptors (Lipinski definition) is 8. The van der Waals surface area contributed by atoms with E-state index in [1.165, 1.54) is 11.1 Å². The molecule has 3 saturated carbocycles. The molecule has 8 rings (SSSR count). The number of nitrogen functional groups attached to an aromatic ring is 1. The monoisotopic (exact) mass is 653 g/mol. The van der Waals surface area contributed by atoms with Gasteiger partial charge in [-0.05, 0) is 92.8 Å². The van der Waals surface area contributed by atoms with Gasteiger partial charge in [0, 0.05) is 48.9 Å². The van der Waals surface area contributed by atoms with E-state index in [4.69, 9.17) is 36.8 Å². The highest BCUT2D eigenvalue weighted by Gasteiger charge is 2.53. The van der Waals surface area contributed by atoms with Crippen LogP contribution < -0.4 is 15.4 Å². The Hall–Kier alpha value is -3.11. The molecule has 2 heterocycles. The van der Waals surface area contributed by atoms with Crippen LogP contribution in [0.5, 0.6) is 5.75 Å². The molecule has 0 radical (unpaired) electrons. The molecule has 1 aromatic heterocycles. The van der Waals surface area contributed by atoms with Crippen molar-refractivity contribution in [1.29, 1.82) is 0 Å². The number of ether oxygens (including phenoxy) is 2. The molecule has 5 aliphatic rings. The van der Waals surface area contributed by atoms with Crippen LogP contribution in [0.25, 0.3) is 11.3 Å². The number of fused-ring (bicyclic) bond motifs is 6. The minimum Gasteiger partial charge on any atom is -0.489 e. The molecule has 9 nitrogen and oxygen atoms in total. The first-order chi connectivity index (χ1) is 21.3. The molecule has 11 heteroatoms. The molecule has 45 heavy (non-hydrogen) atoms. The van der Waals surface area contributed by atoms with Gasteiger partial charge in [0.05, 0.1) is 23.3 Å². The molecule has 0 amide bonds. The molecule has 4 aliphatic carbocycles. The Morgan fingerprint density at radius 3 is 2.36 bits per heavy atom. The van der Waals surface area contributed by atoms with Gasteiger partial charge in [0.2, 0.25) is 5.95 Å². The number of nitrogens with two attached hydrogens (primary N) is 1. The van der Waals surface area contributed by atoms with Crippen molar-refractivity contribution >= 4 is 41.7 Å². The number of aliphatic carboxylic acids is 1. The van der Waals surface area contributed by atoms with Crippen LogP contribution >= 0.6 is 24.0 Å². The third kappa shape index (κ3) is 6.45. The molecule has 1 aliphatic heterocycles. The first kappa shape index (κ1) is 31.9. The highest BCUT2D eigenvalue weighted by Crippen LogP contribution is 2.54. The lowest BCUT2D eigenvalue weighted by Crippen LogP contribution is -2.52. The van der Waals surface area contributed by atoms with Crippen molar-refractivity contribution in [2.24, 2.45) is 5.41 Å². The number of aryl methyl sites for hydroxylation is 1. The lowest BCUT2D eigenvalue weighted by atomic mass is 9.58. The quantitative estimate of drug-likeness (QED) is 0.296. The largest absolute Gasteiger partial charge is 0.489 e. The van der Waals surface area contributed by atoms with Gasteiger partial charge in [0.25, 0.3) is 0 Å². The average Bonchev–Trinajstić information content (AvgIpc) is 3.05. The molecule has 2 aromatic carbocycles. The van der Waals surface area contributed by atoms with Crippen LogP contribution in [0.1, 0.15) is 55.2 Å². The number of carboxylic acid groups (broad SMARTS) is 1. The van der Waals surface area contributed by atoms with Crippen molar-refractivity contribution in [3.05, 3.63) is 64.2 Å². The van der Waals surface area contributed by atoms with Crippen molar-refractivity contribution in [3.8, 4) is 17.0 Å². The number of aromatic nitrogens is 2. The molecule has 4 fully saturated rings. The van der Waals surface area contributed by atoms with E-state index in [9.17, 15) is 9.90 Å². The summed E-state index contributed by atoms with van der Waals surface area (Å²) < 4.78 is 12.6. The zero-order chi connectivity index (χ0) is 30.3. The van der Waals surface area contributed by atoms with Crippen molar-refractivity contribution in [1.82, 2.24) is 14.9 Å². The number of piperazine rings is 1. The van der Waals surface area contributed by atoms with Crippen molar-refractivity contribution in [2.45, 2.75) is 63.6 Å². The molecule has 3 N–H and O–H groups in total. The summed E-state index contributed by atoms with van der Waals surface area (Å²) in [7, 11) is 0. The molecule has 0 atom stereocenters. The normalized spacial score (nSPS) is 24.0. The first-order valence-electron chi connectivity index (χ1n) is 15.8. The number of hydrogen-bond donors (Lipinski definition) is 2. The third-order valence-corrected chi connectivity index (χ3v) is 10.7. The van der Waals surface area contributed by atoms with Gasteiger partial charge in [-0.25, -0.2) is 4.98 Å². The fourth-order valence-electron chi connectivity index (χ4n) is 7.57. The fourth-order valence-corrected chi connectivity index (χ4v) is 7.70. The molecule has 1 saturated heterocycles. The Morgan fingerprint density at radius 2 is 1.67 bits per heavy atom. The second-order valence-corrected chi connectivity index (χ2v) is 13.3. The second-order valence-electron chi connectivity index (χ2n) is 12.9. The van der Waals surface area contributed by atoms with Crippen molar-refractivity contribution < 1.29 is 19.4 Å².